The first-order chi connectivity index (χ1) is 11.4. The Balaban J connectivity index is 1.96. The van der Waals surface area contributed by atoms with E-state index in [0.717, 1.165) is 22.9 Å². The molecule has 1 aliphatic carbocycles. The van der Waals surface area contributed by atoms with Gasteiger partial charge in [-0.15, -0.1) is 0 Å². The van der Waals surface area contributed by atoms with Gasteiger partial charge in [-0.25, -0.2) is 0 Å². The number of rotatable bonds is 4. The number of halogens is 2. The number of nitrogens with zero attached hydrogens (tertiary/aromatic N) is 2. The van der Waals surface area contributed by atoms with E-state index in [0.29, 0.717) is 21.5 Å². The number of nitrogens with one attached hydrogen (secondary N) is 2. The van der Waals surface area contributed by atoms with Gasteiger partial charge in [0.15, 0.2) is 0 Å². The van der Waals surface area contributed by atoms with Crippen LogP contribution in [0, 0.1) is 6.92 Å². The second kappa shape index (κ2) is 6.68. The highest BCUT2D eigenvalue weighted by Crippen LogP contribution is 2.36. The van der Waals surface area contributed by atoms with Crippen LogP contribution in [-0.4, -0.2) is 28.6 Å². The van der Waals surface area contributed by atoms with Crippen molar-refractivity contribution in [3.8, 4) is 0 Å². The lowest BCUT2D eigenvalue weighted by Gasteiger charge is -2.14. The van der Waals surface area contributed by atoms with Crippen molar-refractivity contribution in [1.82, 2.24) is 15.1 Å². The van der Waals surface area contributed by atoms with Gasteiger partial charge in [-0.2, -0.15) is 5.10 Å². The van der Waals surface area contributed by atoms with E-state index in [9.17, 15) is 9.59 Å². The molecule has 1 saturated carbocycles. The van der Waals surface area contributed by atoms with Crippen molar-refractivity contribution in [2.45, 2.75) is 25.8 Å². The van der Waals surface area contributed by atoms with Crippen molar-refractivity contribution in [1.29, 1.82) is 0 Å². The van der Waals surface area contributed by atoms with Gasteiger partial charge in [0, 0.05) is 17.6 Å². The van der Waals surface area contributed by atoms with Crippen LogP contribution in [-0.2, 0) is 0 Å². The number of hydrogen-bond donors (Lipinski definition) is 2. The van der Waals surface area contributed by atoms with Crippen molar-refractivity contribution in [3.05, 3.63) is 44.1 Å². The molecule has 8 heteroatoms. The highest BCUT2D eigenvalue weighted by atomic mass is 79.9. The molecule has 3 rings (SSSR count). The predicted octanol–water partition coefficient (Wildman–Crippen LogP) is 3.66. The van der Waals surface area contributed by atoms with Gasteiger partial charge in [-0.1, -0.05) is 15.9 Å². The van der Waals surface area contributed by atoms with E-state index in [1.807, 2.05) is 13.0 Å². The third kappa shape index (κ3) is 3.39. The lowest BCUT2D eigenvalue weighted by molar-refractivity contribution is 0.0964. The fraction of sp³-hybridized carbons (Fsp3) is 0.312. The predicted molar refractivity (Wildman–Crippen MR) is 98.4 cm³/mol. The first kappa shape index (κ1) is 17.2. The van der Waals surface area contributed by atoms with Gasteiger partial charge in [0.2, 0.25) is 0 Å². The van der Waals surface area contributed by atoms with Crippen molar-refractivity contribution in [2.24, 2.45) is 0 Å². The van der Waals surface area contributed by atoms with Gasteiger partial charge in [-0.3, -0.25) is 14.3 Å². The summed E-state index contributed by atoms with van der Waals surface area (Å²) >= 11 is 6.71. The zero-order valence-corrected chi connectivity index (χ0v) is 16.4. The highest BCUT2D eigenvalue weighted by molar-refractivity contribution is 9.10. The third-order valence-electron chi connectivity index (χ3n) is 3.84. The SMILES string of the molecule is CNC(=O)c1cc(Br)cc(C)c1NC(=O)c1cc(Br)nn1C1CC1. The second-order valence-corrected chi connectivity index (χ2v) is 7.43. The Morgan fingerprint density at radius 2 is 1.92 bits per heavy atom. The average molecular weight is 456 g/mol. The van der Waals surface area contributed by atoms with Gasteiger partial charge in [-0.05, 0) is 53.4 Å². The Labute approximate surface area is 156 Å². The van der Waals surface area contributed by atoms with Gasteiger partial charge >= 0.3 is 0 Å². The molecule has 1 heterocycles. The molecule has 2 amide bonds. The van der Waals surface area contributed by atoms with Crippen molar-refractivity contribution >= 4 is 49.4 Å². The summed E-state index contributed by atoms with van der Waals surface area (Å²) in [5.74, 6) is -0.540. The van der Waals surface area contributed by atoms with Crippen LogP contribution in [0.4, 0.5) is 5.69 Å². The van der Waals surface area contributed by atoms with E-state index in [4.69, 9.17) is 0 Å². The first-order valence-electron chi connectivity index (χ1n) is 7.49. The monoisotopic (exact) mass is 454 g/mol. The fourth-order valence-corrected chi connectivity index (χ4v) is 3.49. The molecule has 6 nitrogen and oxygen atoms in total. The van der Waals surface area contributed by atoms with Crippen LogP contribution < -0.4 is 10.6 Å². The molecule has 1 aromatic heterocycles. The van der Waals surface area contributed by atoms with Crippen molar-refractivity contribution in [2.75, 3.05) is 12.4 Å². The minimum absolute atomic E-state index is 0.258. The molecule has 0 radical (unpaired) electrons. The summed E-state index contributed by atoms with van der Waals surface area (Å²) in [5.41, 5.74) is 2.19. The van der Waals surface area contributed by atoms with Crippen LogP contribution in [0.25, 0.3) is 0 Å². The minimum Gasteiger partial charge on any atom is -0.355 e. The summed E-state index contributed by atoms with van der Waals surface area (Å²) in [7, 11) is 1.56. The fourth-order valence-electron chi connectivity index (χ4n) is 2.53. The first-order valence-corrected chi connectivity index (χ1v) is 9.08. The van der Waals surface area contributed by atoms with E-state index in [1.54, 1.807) is 23.9 Å². The number of carbonyl (C=O) groups is 2. The quantitative estimate of drug-likeness (QED) is 0.738. The zero-order valence-electron chi connectivity index (χ0n) is 13.2. The maximum Gasteiger partial charge on any atom is 0.274 e. The van der Waals surface area contributed by atoms with E-state index < -0.39 is 0 Å². The number of carbonyl (C=O) groups excluding carboxylic acids is 2. The van der Waals surface area contributed by atoms with Crippen LogP contribution in [0.2, 0.25) is 0 Å². The topological polar surface area (TPSA) is 76.0 Å². The van der Waals surface area contributed by atoms with Crippen molar-refractivity contribution < 1.29 is 9.59 Å². The van der Waals surface area contributed by atoms with E-state index in [-0.39, 0.29) is 17.9 Å². The Bertz CT molecular complexity index is 828. The number of aryl methyl sites for hydroxylation is 1. The lowest BCUT2D eigenvalue weighted by Crippen LogP contribution is -2.23. The lowest BCUT2D eigenvalue weighted by atomic mass is 10.1. The molecule has 24 heavy (non-hydrogen) atoms. The molecular formula is C16H16Br2N4O2. The molecule has 1 fully saturated rings. The Kier molecular flexibility index (Phi) is 4.78. The standard InChI is InChI=1S/C16H16Br2N4O2/c1-8-5-9(17)6-11(15(23)19-2)14(8)20-16(24)12-7-13(18)21-22(12)10-3-4-10/h5-7,10H,3-4H2,1-2H3,(H,19,23)(H,20,24). The Hall–Kier alpha value is -1.67. The van der Waals surface area contributed by atoms with Crippen LogP contribution in [0.5, 0.6) is 0 Å². The molecule has 2 N–H and O–H groups in total. The van der Waals surface area contributed by atoms with Gasteiger partial charge < -0.3 is 10.6 Å². The normalized spacial score (nSPS) is 13.7. The summed E-state index contributed by atoms with van der Waals surface area (Å²) in [6, 6.07) is 5.52. The van der Waals surface area contributed by atoms with Gasteiger partial charge in [0.25, 0.3) is 11.8 Å². The number of hydrogen-bond acceptors (Lipinski definition) is 3. The number of amides is 2. The van der Waals surface area contributed by atoms with E-state index in [2.05, 4.69) is 47.6 Å². The molecule has 0 atom stereocenters. The number of anilines is 1. The number of benzene rings is 1. The van der Waals surface area contributed by atoms with Crippen LogP contribution in [0.1, 0.15) is 45.3 Å². The maximum absolute atomic E-state index is 12.7. The summed E-state index contributed by atoms with van der Waals surface area (Å²) in [4.78, 5) is 24.9. The smallest absolute Gasteiger partial charge is 0.274 e. The molecule has 2 aromatic rings. The molecular weight excluding hydrogens is 440 g/mol. The Morgan fingerprint density at radius 1 is 1.21 bits per heavy atom. The Morgan fingerprint density at radius 3 is 2.54 bits per heavy atom. The summed E-state index contributed by atoms with van der Waals surface area (Å²) in [5, 5.41) is 9.80. The molecule has 126 valence electrons. The highest BCUT2D eigenvalue weighted by Gasteiger charge is 2.30. The summed E-state index contributed by atoms with van der Waals surface area (Å²) < 4.78 is 3.15. The molecule has 0 spiro atoms. The maximum atomic E-state index is 12.7. The van der Waals surface area contributed by atoms with E-state index in [1.165, 1.54) is 0 Å². The van der Waals surface area contributed by atoms with Crippen LogP contribution >= 0.6 is 31.9 Å². The van der Waals surface area contributed by atoms with E-state index >= 15 is 0 Å². The van der Waals surface area contributed by atoms with Gasteiger partial charge in [0.1, 0.15) is 10.3 Å². The van der Waals surface area contributed by atoms with Crippen molar-refractivity contribution in [3.63, 3.8) is 0 Å². The molecule has 0 aliphatic heterocycles. The molecule has 1 aliphatic rings. The van der Waals surface area contributed by atoms with Gasteiger partial charge in [0.05, 0.1) is 17.3 Å². The largest absolute Gasteiger partial charge is 0.355 e. The minimum atomic E-state index is -0.282. The zero-order chi connectivity index (χ0) is 17.4. The number of aromatic nitrogens is 2. The summed E-state index contributed by atoms with van der Waals surface area (Å²) in [6.45, 7) is 1.85. The molecule has 0 unspecified atom stereocenters. The molecule has 1 aromatic carbocycles. The second-order valence-electron chi connectivity index (χ2n) is 5.71. The summed E-state index contributed by atoms with van der Waals surface area (Å²) in [6.07, 6.45) is 2.05. The average Bonchev–Trinajstić information content (AvgIpc) is 3.30. The molecule has 0 saturated heterocycles. The molecule has 0 bridgehead atoms. The van der Waals surface area contributed by atoms with Crippen LogP contribution in [0.15, 0.2) is 27.3 Å². The van der Waals surface area contributed by atoms with Crippen LogP contribution in [0.3, 0.4) is 0 Å². The third-order valence-corrected chi connectivity index (χ3v) is 4.69.